The van der Waals surface area contributed by atoms with Crippen LogP contribution in [0.4, 0.5) is 4.39 Å². The second kappa shape index (κ2) is 8.68. The summed E-state index contributed by atoms with van der Waals surface area (Å²) >= 11 is 0. The van der Waals surface area contributed by atoms with E-state index in [9.17, 15) is 17.6 Å². The maximum Gasteiger partial charge on any atom is 0.281 e. The molecule has 31 heavy (non-hydrogen) atoms. The Morgan fingerprint density at radius 2 is 1.77 bits per heavy atom. The van der Waals surface area contributed by atoms with E-state index in [0.717, 1.165) is 24.0 Å². The van der Waals surface area contributed by atoms with Crippen molar-refractivity contribution >= 4 is 16.1 Å². The number of hydrogen-bond donors (Lipinski definition) is 0. The number of nitrogens with zero attached hydrogens (tertiary/aromatic N) is 3. The van der Waals surface area contributed by atoms with E-state index in [2.05, 4.69) is 0 Å². The predicted octanol–water partition coefficient (Wildman–Crippen LogP) is 3.23. The normalized spacial score (nSPS) is 22.4. The van der Waals surface area contributed by atoms with Crippen LogP contribution in [0.1, 0.15) is 29.6 Å². The number of hydrogen-bond acceptors (Lipinski definition) is 3. The number of likely N-dealkylation sites (tertiary alicyclic amines) is 1. The first-order chi connectivity index (χ1) is 14.8. The van der Waals surface area contributed by atoms with E-state index in [0.29, 0.717) is 31.6 Å². The average molecular weight is 446 g/mol. The van der Waals surface area contributed by atoms with Crippen molar-refractivity contribution in [3.05, 3.63) is 59.9 Å². The minimum absolute atomic E-state index is 0.0237. The average Bonchev–Trinajstić information content (AvgIpc) is 2.77. The van der Waals surface area contributed by atoms with E-state index in [4.69, 9.17) is 0 Å². The van der Waals surface area contributed by atoms with Gasteiger partial charge in [0.05, 0.1) is 0 Å². The lowest BCUT2D eigenvalue weighted by Crippen LogP contribution is -2.57. The van der Waals surface area contributed by atoms with Gasteiger partial charge >= 0.3 is 0 Å². The molecule has 4 rings (SSSR count). The molecule has 0 aromatic heterocycles. The maximum absolute atomic E-state index is 13.5. The molecule has 8 heteroatoms. The maximum atomic E-state index is 13.5. The van der Waals surface area contributed by atoms with Crippen LogP contribution >= 0.6 is 0 Å². The van der Waals surface area contributed by atoms with Crippen LogP contribution in [0.15, 0.2) is 48.5 Å². The summed E-state index contributed by atoms with van der Waals surface area (Å²) < 4.78 is 41.3. The highest BCUT2D eigenvalue weighted by Crippen LogP contribution is 2.33. The van der Waals surface area contributed by atoms with Crippen molar-refractivity contribution in [2.24, 2.45) is 5.92 Å². The van der Waals surface area contributed by atoms with Gasteiger partial charge in [-0.1, -0.05) is 24.3 Å². The zero-order chi connectivity index (χ0) is 22.2. The summed E-state index contributed by atoms with van der Waals surface area (Å²) in [6.07, 6.45) is 2.43. The Balaban J connectivity index is 1.49. The van der Waals surface area contributed by atoms with Crippen LogP contribution < -0.4 is 0 Å². The van der Waals surface area contributed by atoms with E-state index < -0.39 is 10.2 Å². The van der Waals surface area contributed by atoms with Gasteiger partial charge < -0.3 is 4.90 Å². The Hall–Kier alpha value is -2.29. The quantitative estimate of drug-likeness (QED) is 0.726. The van der Waals surface area contributed by atoms with Gasteiger partial charge in [0.1, 0.15) is 5.82 Å². The zero-order valence-electron chi connectivity index (χ0n) is 17.9. The fourth-order valence-electron chi connectivity index (χ4n) is 4.70. The minimum Gasteiger partial charge on any atom is -0.335 e. The second-order valence-electron chi connectivity index (χ2n) is 8.49. The minimum atomic E-state index is -3.44. The fraction of sp³-hybridized carbons (Fsp3) is 0.435. The third-order valence-corrected chi connectivity index (χ3v) is 8.28. The van der Waals surface area contributed by atoms with E-state index in [1.54, 1.807) is 32.3 Å². The molecule has 0 radical (unpaired) electrons. The number of piperidine rings is 2. The molecule has 0 spiro atoms. The number of halogens is 1. The third-order valence-electron chi connectivity index (χ3n) is 6.37. The van der Waals surface area contributed by atoms with Crippen molar-refractivity contribution in [3.63, 3.8) is 0 Å². The summed E-state index contributed by atoms with van der Waals surface area (Å²) in [6, 6.07) is 13.7. The van der Waals surface area contributed by atoms with E-state index in [-0.39, 0.29) is 23.7 Å². The Morgan fingerprint density at radius 3 is 2.45 bits per heavy atom. The standard InChI is InChI=1S/C23H28FN3O3S/c1-25(2)31(29,30)26-14-12-22-20(16-26)6-4-13-27(22)23(28)18-10-8-17(9-11-18)19-5-3-7-21(24)15-19/h3,5,7-11,15,20,22H,4,6,12-14,16H2,1-2H3/t20-,22+/m1/s1. The number of amides is 1. The van der Waals surface area contributed by atoms with Crippen molar-refractivity contribution in [2.45, 2.75) is 25.3 Å². The fourth-order valence-corrected chi connectivity index (χ4v) is 5.88. The van der Waals surface area contributed by atoms with E-state index >= 15 is 0 Å². The Morgan fingerprint density at radius 1 is 1.03 bits per heavy atom. The molecule has 0 unspecified atom stereocenters. The predicted molar refractivity (Wildman–Crippen MR) is 118 cm³/mol. The van der Waals surface area contributed by atoms with Gasteiger partial charge in [-0.2, -0.15) is 17.0 Å². The molecular formula is C23H28FN3O3S. The van der Waals surface area contributed by atoms with Crippen molar-refractivity contribution in [2.75, 3.05) is 33.7 Å². The van der Waals surface area contributed by atoms with Crippen LogP contribution in [0.2, 0.25) is 0 Å². The SMILES string of the molecule is CN(C)S(=O)(=O)N1CC[C@H]2[C@H](CCCN2C(=O)c2ccc(-c3cccc(F)c3)cc2)C1. The molecule has 0 saturated carbocycles. The Kier molecular flexibility index (Phi) is 6.14. The third kappa shape index (κ3) is 4.37. The van der Waals surface area contributed by atoms with Crippen LogP contribution in [0.25, 0.3) is 11.1 Å². The van der Waals surface area contributed by atoms with Crippen LogP contribution in [0.5, 0.6) is 0 Å². The summed E-state index contributed by atoms with van der Waals surface area (Å²) in [7, 11) is -0.344. The highest BCUT2D eigenvalue weighted by Gasteiger charge is 2.41. The number of benzene rings is 2. The van der Waals surface area contributed by atoms with Gasteiger partial charge in [-0.15, -0.1) is 0 Å². The lowest BCUT2D eigenvalue weighted by Gasteiger charge is -2.47. The number of rotatable bonds is 4. The first kappa shape index (κ1) is 21.9. The molecule has 2 aromatic carbocycles. The highest BCUT2D eigenvalue weighted by molar-refractivity contribution is 7.86. The van der Waals surface area contributed by atoms with E-state index in [1.165, 1.54) is 20.7 Å². The van der Waals surface area contributed by atoms with Gasteiger partial charge in [-0.3, -0.25) is 4.79 Å². The van der Waals surface area contributed by atoms with Crippen LogP contribution in [0.3, 0.4) is 0 Å². The summed E-state index contributed by atoms with van der Waals surface area (Å²) in [5.74, 6) is -0.170. The van der Waals surface area contributed by atoms with Gasteiger partial charge in [-0.05, 0) is 60.6 Å². The van der Waals surface area contributed by atoms with Gasteiger partial charge in [-0.25, -0.2) is 4.39 Å². The molecule has 2 aliphatic heterocycles. The summed E-state index contributed by atoms with van der Waals surface area (Å²) in [5.41, 5.74) is 2.23. The molecule has 166 valence electrons. The van der Waals surface area contributed by atoms with Crippen molar-refractivity contribution < 1.29 is 17.6 Å². The molecule has 2 heterocycles. The molecule has 2 saturated heterocycles. The molecule has 1 amide bonds. The zero-order valence-corrected chi connectivity index (χ0v) is 18.7. The highest BCUT2D eigenvalue weighted by atomic mass is 32.2. The first-order valence-corrected chi connectivity index (χ1v) is 12.0. The molecular weight excluding hydrogens is 417 g/mol. The number of fused-ring (bicyclic) bond motifs is 1. The molecule has 0 bridgehead atoms. The van der Waals surface area contributed by atoms with Gasteiger partial charge in [0, 0.05) is 45.3 Å². The lowest BCUT2D eigenvalue weighted by atomic mass is 9.84. The van der Waals surface area contributed by atoms with Crippen LogP contribution in [-0.4, -0.2) is 67.6 Å². The topological polar surface area (TPSA) is 60.9 Å². The molecule has 6 nitrogen and oxygen atoms in total. The molecule has 0 N–H and O–H groups in total. The lowest BCUT2D eigenvalue weighted by molar-refractivity contribution is 0.0329. The molecule has 2 fully saturated rings. The van der Waals surface area contributed by atoms with Crippen LogP contribution in [0, 0.1) is 11.7 Å². The van der Waals surface area contributed by atoms with Gasteiger partial charge in [0.25, 0.3) is 16.1 Å². The van der Waals surface area contributed by atoms with Gasteiger partial charge in [0.15, 0.2) is 0 Å². The van der Waals surface area contributed by atoms with Crippen molar-refractivity contribution in [1.82, 2.24) is 13.5 Å². The smallest absolute Gasteiger partial charge is 0.281 e. The molecule has 2 atom stereocenters. The molecule has 2 aromatic rings. The van der Waals surface area contributed by atoms with Gasteiger partial charge in [0.2, 0.25) is 0 Å². The summed E-state index contributed by atoms with van der Waals surface area (Å²) in [6.45, 7) is 1.56. The van der Waals surface area contributed by atoms with Crippen molar-refractivity contribution in [1.29, 1.82) is 0 Å². The second-order valence-corrected chi connectivity index (χ2v) is 10.6. The summed E-state index contributed by atoms with van der Waals surface area (Å²) in [5, 5.41) is 0. The summed E-state index contributed by atoms with van der Waals surface area (Å²) in [4.78, 5) is 15.2. The van der Waals surface area contributed by atoms with E-state index in [1.807, 2.05) is 23.1 Å². The van der Waals surface area contributed by atoms with Crippen LogP contribution in [-0.2, 0) is 10.2 Å². The number of carbonyl (C=O) groups is 1. The Labute approximate surface area is 183 Å². The van der Waals surface area contributed by atoms with Crippen molar-refractivity contribution in [3.8, 4) is 11.1 Å². The largest absolute Gasteiger partial charge is 0.335 e. The number of carbonyl (C=O) groups excluding carboxylic acids is 1. The monoisotopic (exact) mass is 445 g/mol. The Bertz CT molecular complexity index is 1060. The first-order valence-electron chi connectivity index (χ1n) is 10.6. The molecule has 0 aliphatic carbocycles. The molecule has 2 aliphatic rings.